The zero-order valence-electron chi connectivity index (χ0n) is 18.5. The fraction of sp³-hybridized carbons (Fsp3) is 0.148. The van der Waals surface area contributed by atoms with Crippen molar-refractivity contribution >= 4 is 34.1 Å². The number of carbonyl (C=O) groups excluding carboxylic acids is 2. The first-order chi connectivity index (χ1) is 16.6. The zero-order chi connectivity index (χ0) is 23.2. The van der Waals surface area contributed by atoms with Crippen LogP contribution in [0.15, 0.2) is 77.8 Å². The largest absolute Gasteiger partial charge is 0.497 e. The summed E-state index contributed by atoms with van der Waals surface area (Å²) < 4.78 is 5.54. The number of anilines is 1. The Morgan fingerprint density at radius 2 is 1.88 bits per heavy atom. The van der Waals surface area contributed by atoms with E-state index in [0.717, 1.165) is 39.7 Å². The van der Waals surface area contributed by atoms with Crippen molar-refractivity contribution in [2.75, 3.05) is 18.6 Å². The SMILES string of the molecule is COc1cc2c3c(c1)C(c1ccccc1)=NC(NC(=O)c1cc4ccccc4[nH]1)C(=O)N3CC2. The van der Waals surface area contributed by atoms with Crippen molar-refractivity contribution in [3.8, 4) is 5.75 Å². The summed E-state index contributed by atoms with van der Waals surface area (Å²) in [5, 5.41) is 3.78. The van der Waals surface area contributed by atoms with Crippen LogP contribution in [0.5, 0.6) is 5.75 Å². The van der Waals surface area contributed by atoms with Gasteiger partial charge in [0.2, 0.25) is 6.17 Å². The third-order valence-electron chi connectivity index (χ3n) is 6.38. The number of fused-ring (bicyclic) bond motifs is 1. The lowest BCUT2D eigenvalue weighted by atomic mass is 9.97. The van der Waals surface area contributed by atoms with E-state index < -0.39 is 6.17 Å². The number of nitrogens with one attached hydrogen (secondary N) is 2. The minimum absolute atomic E-state index is 0.249. The lowest BCUT2D eigenvalue weighted by Crippen LogP contribution is -2.47. The summed E-state index contributed by atoms with van der Waals surface area (Å²) >= 11 is 0. The number of aromatic amines is 1. The number of para-hydroxylation sites is 1. The van der Waals surface area contributed by atoms with Crippen molar-refractivity contribution in [3.05, 3.63) is 95.2 Å². The number of hydrogen-bond acceptors (Lipinski definition) is 4. The number of rotatable bonds is 4. The molecule has 0 bridgehead atoms. The van der Waals surface area contributed by atoms with Gasteiger partial charge in [-0.25, -0.2) is 4.99 Å². The molecular weight excluding hydrogens is 428 g/mol. The molecule has 6 rings (SSSR count). The molecule has 7 nitrogen and oxygen atoms in total. The van der Waals surface area contributed by atoms with E-state index >= 15 is 0 Å². The predicted octanol–water partition coefficient (Wildman–Crippen LogP) is 3.67. The predicted molar refractivity (Wildman–Crippen MR) is 131 cm³/mol. The first-order valence-corrected chi connectivity index (χ1v) is 11.2. The van der Waals surface area contributed by atoms with E-state index in [4.69, 9.17) is 9.73 Å². The molecule has 168 valence electrons. The van der Waals surface area contributed by atoms with Gasteiger partial charge in [0.25, 0.3) is 11.8 Å². The van der Waals surface area contributed by atoms with E-state index in [0.29, 0.717) is 23.7 Å². The third kappa shape index (κ3) is 3.25. The molecule has 34 heavy (non-hydrogen) atoms. The van der Waals surface area contributed by atoms with E-state index in [-0.39, 0.29) is 11.8 Å². The lowest BCUT2D eigenvalue weighted by Gasteiger charge is -2.21. The van der Waals surface area contributed by atoms with E-state index in [1.165, 1.54) is 0 Å². The molecule has 0 radical (unpaired) electrons. The first-order valence-electron chi connectivity index (χ1n) is 11.2. The molecule has 0 fully saturated rings. The van der Waals surface area contributed by atoms with E-state index in [1.807, 2.05) is 66.7 Å². The van der Waals surface area contributed by atoms with E-state index in [2.05, 4.69) is 10.3 Å². The van der Waals surface area contributed by atoms with Crippen LogP contribution in [-0.2, 0) is 11.2 Å². The summed E-state index contributed by atoms with van der Waals surface area (Å²) in [5.41, 5.74) is 5.46. The molecule has 0 saturated heterocycles. The maximum absolute atomic E-state index is 13.6. The van der Waals surface area contributed by atoms with Crippen LogP contribution in [0, 0.1) is 0 Å². The highest BCUT2D eigenvalue weighted by molar-refractivity contribution is 6.21. The Kier molecular flexibility index (Phi) is 4.69. The Labute approximate surface area is 196 Å². The van der Waals surface area contributed by atoms with Gasteiger partial charge in [-0.3, -0.25) is 9.59 Å². The van der Waals surface area contributed by atoms with Crippen molar-refractivity contribution < 1.29 is 14.3 Å². The zero-order valence-corrected chi connectivity index (χ0v) is 18.5. The van der Waals surface area contributed by atoms with Crippen molar-refractivity contribution in [1.82, 2.24) is 10.3 Å². The topological polar surface area (TPSA) is 86.8 Å². The number of ether oxygens (including phenoxy) is 1. The number of carbonyl (C=O) groups is 2. The quantitative estimate of drug-likeness (QED) is 0.497. The highest BCUT2D eigenvalue weighted by Gasteiger charge is 2.37. The summed E-state index contributed by atoms with van der Waals surface area (Å²) in [7, 11) is 1.63. The van der Waals surface area contributed by atoms with Crippen LogP contribution in [0.25, 0.3) is 10.9 Å². The normalized spacial score (nSPS) is 16.7. The number of amides is 2. The second-order valence-electron chi connectivity index (χ2n) is 8.41. The van der Waals surface area contributed by atoms with Gasteiger partial charge in [-0.2, -0.15) is 0 Å². The Hall–Kier alpha value is -4.39. The molecule has 4 aromatic rings. The fourth-order valence-electron chi connectivity index (χ4n) is 4.76. The standard InChI is InChI=1S/C27H22N4O3/c1-34-19-13-18-11-12-31-24(18)20(15-19)23(16-7-3-2-4-8-16)29-25(27(31)33)30-26(32)22-14-17-9-5-6-10-21(17)28-22/h2-10,13-15,25,28H,11-12H2,1H3,(H,30,32). The number of hydrogen-bond donors (Lipinski definition) is 2. The van der Waals surface area contributed by atoms with Gasteiger partial charge in [-0.15, -0.1) is 0 Å². The summed E-state index contributed by atoms with van der Waals surface area (Å²) in [6, 6.07) is 23.0. The Morgan fingerprint density at radius 3 is 2.68 bits per heavy atom. The number of nitrogens with zero attached hydrogens (tertiary/aromatic N) is 2. The van der Waals surface area contributed by atoms with Gasteiger partial charge in [0, 0.05) is 28.6 Å². The molecule has 1 atom stereocenters. The first kappa shape index (κ1) is 20.2. The molecule has 1 aromatic heterocycles. The number of methoxy groups -OCH3 is 1. The summed E-state index contributed by atoms with van der Waals surface area (Å²) in [5.74, 6) is 0.0847. The van der Waals surface area contributed by atoms with Crippen molar-refractivity contribution in [1.29, 1.82) is 0 Å². The number of aliphatic imine (C=N–C) groups is 1. The lowest BCUT2D eigenvalue weighted by molar-refractivity contribution is -0.120. The maximum Gasteiger partial charge on any atom is 0.272 e. The van der Waals surface area contributed by atoms with Gasteiger partial charge in [-0.05, 0) is 36.2 Å². The van der Waals surface area contributed by atoms with Crippen LogP contribution in [0.2, 0.25) is 0 Å². The molecule has 2 N–H and O–H groups in total. The summed E-state index contributed by atoms with van der Waals surface area (Å²) in [6.07, 6.45) is -0.339. The molecule has 0 aliphatic carbocycles. The molecule has 2 aliphatic rings. The average molecular weight is 450 g/mol. The van der Waals surface area contributed by atoms with E-state index in [1.54, 1.807) is 18.1 Å². The number of aromatic nitrogens is 1. The molecule has 7 heteroatoms. The van der Waals surface area contributed by atoms with Crippen LogP contribution < -0.4 is 15.0 Å². The Balaban J connectivity index is 1.45. The molecule has 2 amide bonds. The third-order valence-corrected chi connectivity index (χ3v) is 6.38. The molecule has 0 spiro atoms. The second-order valence-corrected chi connectivity index (χ2v) is 8.41. The monoisotopic (exact) mass is 450 g/mol. The van der Waals surface area contributed by atoms with E-state index in [9.17, 15) is 9.59 Å². The number of H-pyrrole nitrogens is 1. The molecule has 3 aromatic carbocycles. The smallest absolute Gasteiger partial charge is 0.272 e. The van der Waals surface area contributed by atoms with Gasteiger partial charge in [-0.1, -0.05) is 48.5 Å². The van der Waals surface area contributed by atoms with Gasteiger partial charge in [0.15, 0.2) is 0 Å². The van der Waals surface area contributed by atoms with Crippen LogP contribution in [0.1, 0.15) is 27.2 Å². The Bertz CT molecular complexity index is 1440. The fourth-order valence-corrected chi connectivity index (χ4v) is 4.76. The van der Waals surface area contributed by atoms with Crippen LogP contribution in [0.4, 0.5) is 5.69 Å². The van der Waals surface area contributed by atoms with Crippen molar-refractivity contribution in [2.45, 2.75) is 12.6 Å². The summed E-state index contributed by atoms with van der Waals surface area (Å²) in [4.78, 5) is 36.4. The molecule has 0 saturated carbocycles. The van der Waals surface area contributed by atoms with Gasteiger partial charge in [0.05, 0.1) is 18.5 Å². The van der Waals surface area contributed by atoms with Gasteiger partial charge in [0.1, 0.15) is 11.4 Å². The minimum atomic E-state index is -1.06. The highest BCUT2D eigenvalue weighted by Crippen LogP contribution is 2.39. The molecule has 3 heterocycles. The average Bonchev–Trinajstić information content (AvgIpc) is 3.48. The van der Waals surface area contributed by atoms with Crippen LogP contribution in [0.3, 0.4) is 0 Å². The van der Waals surface area contributed by atoms with Gasteiger partial charge >= 0.3 is 0 Å². The second kappa shape index (κ2) is 7.88. The minimum Gasteiger partial charge on any atom is -0.497 e. The summed E-state index contributed by atoms with van der Waals surface area (Å²) in [6.45, 7) is 0.532. The molecule has 1 unspecified atom stereocenters. The van der Waals surface area contributed by atoms with Crippen LogP contribution in [-0.4, -0.2) is 42.3 Å². The highest BCUT2D eigenvalue weighted by atomic mass is 16.5. The van der Waals surface area contributed by atoms with Gasteiger partial charge < -0.3 is 19.9 Å². The molecular formula is C27H22N4O3. The maximum atomic E-state index is 13.6. The van der Waals surface area contributed by atoms with Crippen molar-refractivity contribution in [2.24, 2.45) is 4.99 Å². The Morgan fingerprint density at radius 1 is 1.09 bits per heavy atom. The van der Waals surface area contributed by atoms with Crippen molar-refractivity contribution in [3.63, 3.8) is 0 Å². The van der Waals surface area contributed by atoms with Crippen LogP contribution >= 0.6 is 0 Å². The number of benzene rings is 3. The molecule has 2 aliphatic heterocycles.